The number of hydrogen-bond acceptors (Lipinski definition) is 3. The van der Waals surface area contributed by atoms with Gasteiger partial charge in [-0.2, -0.15) is 0 Å². The molecule has 2 heterocycles. The summed E-state index contributed by atoms with van der Waals surface area (Å²) in [6.45, 7) is 4.13. The van der Waals surface area contributed by atoms with Crippen LogP contribution in [0, 0.1) is 24.4 Å². The quantitative estimate of drug-likeness (QED) is 0.729. The minimum Gasteiger partial charge on any atom is -0.444 e. The van der Waals surface area contributed by atoms with Gasteiger partial charge in [0.05, 0.1) is 11.2 Å². The molecule has 0 aliphatic carbocycles. The van der Waals surface area contributed by atoms with Gasteiger partial charge in [0.25, 0.3) is 0 Å². The highest BCUT2D eigenvalue weighted by Crippen LogP contribution is 2.19. The summed E-state index contributed by atoms with van der Waals surface area (Å²) in [7, 11) is 0. The maximum Gasteiger partial charge on any atom is 0.214 e. The van der Waals surface area contributed by atoms with E-state index in [2.05, 4.69) is 9.97 Å². The zero-order valence-corrected chi connectivity index (χ0v) is 11.3. The second-order valence-electron chi connectivity index (χ2n) is 4.40. The van der Waals surface area contributed by atoms with E-state index in [1.807, 2.05) is 19.9 Å². The number of aromatic amines is 1. The van der Waals surface area contributed by atoms with Crippen molar-refractivity contribution in [3.63, 3.8) is 0 Å². The average Bonchev–Trinajstić information content (AvgIpc) is 2.84. The number of H-pyrrole nitrogens is 1. The molecule has 0 spiro atoms. The summed E-state index contributed by atoms with van der Waals surface area (Å²) in [5.41, 5.74) is 1.97. The standard InChI is InChI=1S/C13H12FN3OS/c1-7-8(2)18-11(15-7)6-17-10-5-3-4-9(14)12(10)16-13(17)19/h3-5H,6H2,1-2H3,(H,16,19). The van der Waals surface area contributed by atoms with Gasteiger partial charge in [0.1, 0.15) is 23.6 Å². The number of nitrogens with zero attached hydrogens (tertiary/aromatic N) is 2. The van der Waals surface area contributed by atoms with Crippen LogP contribution in [0.15, 0.2) is 22.6 Å². The summed E-state index contributed by atoms with van der Waals surface area (Å²) in [6, 6.07) is 4.87. The number of oxazole rings is 1. The zero-order chi connectivity index (χ0) is 13.6. The van der Waals surface area contributed by atoms with Crippen molar-refractivity contribution in [2.45, 2.75) is 20.4 Å². The van der Waals surface area contributed by atoms with Crippen molar-refractivity contribution in [2.75, 3.05) is 0 Å². The van der Waals surface area contributed by atoms with Gasteiger partial charge in [0.15, 0.2) is 4.77 Å². The third-order valence-electron chi connectivity index (χ3n) is 3.13. The zero-order valence-electron chi connectivity index (χ0n) is 10.5. The maximum absolute atomic E-state index is 13.7. The lowest BCUT2D eigenvalue weighted by molar-refractivity contribution is 0.458. The van der Waals surface area contributed by atoms with Gasteiger partial charge in [-0.1, -0.05) is 6.07 Å². The molecular weight excluding hydrogens is 265 g/mol. The maximum atomic E-state index is 13.7. The van der Waals surface area contributed by atoms with Crippen LogP contribution in [0.1, 0.15) is 17.3 Å². The van der Waals surface area contributed by atoms with Crippen molar-refractivity contribution in [1.82, 2.24) is 14.5 Å². The van der Waals surface area contributed by atoms with Crippen LogP contribution in [0.3, 0.4) is 0 Å². The lowest BCUT2D eigenvalue weighted by atomic mass is 10.3. The third kappa shape index (κ3) is 1.98. The molecule has 6 heteroatoms. The first kappa shape index (κ1) is 12.1. The minimum atomic E-state index is -0.317. The van der Waals surface area contributed by atoms with Gasteiger partial charge in [-0.15, -0.1) is 0 Å². The Morgan fingerprint density at radius 1 is 1.42 bits per heavy atom. The molecule has 0 radical (unpaired) electrons. The first-order valence-electron chi connectivity index (χ1n) is 5.86. The Kier molecular flexibility index (Phi) is 2.74. The third-order valence-corrected chi connectivity index (χ3v) is 3.45. The van der Waals surface area contributed by atoms with Crippen molar-refractivity contribution < 1.29 is 8.81 Å². The molecule has 1 aromatic carbocycles. The molecule has 2 aromatic heterocycles. The van der Waals surface area contributed by atoms with E-state index in [1.165, 1.54) is 6.07 Å². The van der Waals surface area contributed by atoms with Crippen LogP contribution in [0.2, 0.25) is 0 Å². The van der Waals surface area contributed by atoms with Crippen LogP contribution in [-0.2, 0) is 6.54 Å². The van der Waals surface area contributed by atoms with Crippen molar-refractivity contribution in [1.29, 1.82) is 0 Å². The molecule has 4 nitrogen and oxygen atoms in total. The first-order valence-corrected chi connectivity index (χ1v) is 6.27. The number of aryl methyl sites for hydroxylation is 2. The van der Waals surface area contributed by atoms with Crippen LogP contribution in [0.25, 0.3) is 11.0 Å². The van der Waals surface area contributed by atoms with Gasteiger partial charge in [-0.05, 0) is 38.2 Å². The molecule has 0 aliphatic heterocycles. The summed E-state index contributed by atoms with van der Waals surface area (Å²) in [5, 5.41) is 0. The van der Waals surface area contributed by atoms with E-state index in [1.54, 1.807) is 10.6 Å². The lowest BCUT2D eigenvalue weighted by Gasteiger charge is -2.00. The molecular formula is C13H12FN3OS. The Morgan fingerprint density at radius 3 is 2.89 bits per heavy atom. The van der Waals surface area contributed by atoms with Gasteiger partial charge in [0.2, 0.25) is 5.89 Å². The molecule has 3 aromatic rings. The summed E-state index contributed by atoms with van der Waals surface area (Å²) in [6.07, 6.45) is 0. The number of rotatable bonds is 2. The molecule has 0 amide bonds. The van der Waals surface area contributed by atoms with Gasteiger partial charge in [-0.3, -0.25) is 0 Å². The molecule has 0 unspecified atom stereocenters. The first-order chi connectivity index (χ1) is 9.06. The normalized spacial score (nSPS) is 11.3. The number of fused-ring (bicyclic) bond motifs is 1. The topological polar surface area (TPSA) is 46.8 Å². The summed E-state index contributed by atoms with van der Waals surface area (Å²) in [5.74, 6) is 1.03. The Labute approximate surface area is 113 Å². The van der Waals surface area contributed by atoms with Crippen molar-refractivity contribution in [3.8, 4) is 0 Å². The van der Waals surface area contributed by atoms with E-state index in [4.69, 9.17) is 16.6 Å². The number of hydrogen-bond donors (Lipinski definition) is 1. The second kappa shape index (κ2) is 4.31. The predicted molar refractivity (Wildman–Crippen MR) is 72.2 cm³/mol. The van der Waals surface area contributed by atoms with E-state index in [0.717, 1.165) is 11.5 Å². The number of imidazole rings is 1. The van der Waals surface area contributed by atoms with Crippen molar-refractivity contribution >= 4 is 23.3 Å². The number of aromatic nitrogens is 3. The Hall–Kier alpha value is -1.95. The van der Waals surface area contributed by atoms with Gasteiger partial charge < -0.3 is 14.0 Å². The van der Waals surface area contributed by atoms with Crippen LogP contribution >= 0.6 is 12.2 Å². The molecule has 0 fully saturated rings. The molecule has 0 bridgehead atoms. The Bertz CT molecular complexity index is 796. The number of nitrogens with one attached hydrogen (secondary N) is 1. The fourth-order valence-electron chi connectivity index (χ4n) is 2.04. The number of para-hydroxylation sites is 1. The highest BCUT2D eigenvalue weighted by molar-refractivity contribution is 7.71. The largest absolute Gasteiger partial charge is 0.444 e. The van der Waals surface area contributed by atoms with Gasteiger partial charge >= 0.3 is 0 Å². The van der Waals surface area contributed by atoms with E-state index in [0.29, 0.717) is 28.2 Å². The van der Waals surface area contributed by atoms with Gasteiger partial charge in [0, 0.05) is 0 Å². The number of benzene rings is 1. The molecule has 19 heavy (non-hydrogen) atoms. The monoisotopic (exact) mass is 277 g/mol. The fourth-order valence-corrected chi connectivity index (χ4v) is 2.31. The minimum absolute atomic E-state index is 0.317. The molecule has 1 N–H and O–H groups in total. The SMILES string of the molecule is Cc1nc(Cn2c(=S)[nH]c3c(F)cccc32)oc1C. The fraction of sp³-hybridized carbons (Fsp3) is 0.231. The molecule has 3 rings (SSSR count). The number of halogens is 1. The highest BCUT2D eigenvalue weighted by atomic mass is 32.1. The molecule has 0 aliphatic rings. The van der Waals surface area contributed by atoms with Crippen LogP contribution in [0.5, 0.6) is 0 Å². The summed E-state index contributed by atoms with van der Waals surface area (Å²) < 4.78 is 21.4. The summed E-state index contributed by atoms with van der Waals surface area (Å²) >= 11 is 5.22. The van der Waals surface area contributed by atoms with E-state index < -0.39 is 0 Å². The average molecular weight is 277 g/mol. The van der Waals surface area contributed by atoms with Crippen molar-refractivity contribution in [2.24, 2.45) is 0 Å². The smallest absolute Gasteiger partial charge is 0.214 e. The van der Waals surface area contributed by atoms with Crippen LogP contribution < -0.4 is 0 Å². The van der Waals surface area contributed by atoms with E-state index in [-0.39, 0.29) is 5.82 Å². The van der Waals surface area contributed by atoms with Crippen molar-refractivity contribution in [3.05, 3.63) is 46.1 Å². The summed E-state index contributed by atoms with van der Waals surface area (Å²) in [4.78, 5) is 7.18. The van der Waals surface area contributed by atoms with E-state index >= 15 is 0 Å². The molecule has 98 valence electrons. The predicted octanol–water partition coefficient (Wildman–Crippen LogP) is 3.49. The molecule has 0 atom stereocenters. The van der Waals surface area contributed by atoms with Crippen LogP contribution in [-0.4, -0.2) is 14.5 Å². The van der Waals surface area contributed by atoms with Gasteiger partial charge in [-0.25, -0.2) is 9.37 Å². The highest BCUT2D eigenvalue weighted by Gasteiger charge is 2.12. The Morgan fingerprint density at radius 2 is 2.21 bits per heavy atom. The van der Waals surface area contributed by atoms with E-state index in [9.17, 15) is 4.39 Å². The van der Waals surface area contributed by atoms with Crippen LogP contribution in [0.4, 0.5) is 4.39 Å². The second-order valence-corrected chi connectivity index (χ2v) is 4.79. The lowest BCUT2D eigenvalue weighted by Crippen LogP contribution is -2.00. The molecule has 0 saturated carbocycles. The molecule has 0 saturated heterocycles. The Balaban J connectivity index is 2.13.